The molecule has 24 heavy (non-hydrogen) atoms. The highest BCUT2D eigenvalue weighted by Gasteiger charge is 2.00. The number of hydrogen-bond donors (Lipinski definition) is 1. The Balaban J connectivity index is 0.000000254. The number of aromatic nitrogens is 2. The molecule has 6 nitrogen and oxygen atoms in total. The molecule has 0 spiro atoms. The summed E-state index contributed by atoms with van der Waals surface area (Å²) < 4.78 is 25.8. The molecule has 0 aliphatic carbocycles. The third-order valence-electron chi connectivity index (χ3n) is 2.98. The Morgan fingerprint density at radius 3 is 1.96 bits per heavy atom. The van der Waals surface area contributed by atoms with Gasteiger partial charge in [-0.2, -0.15) is 8.42 Å². The highest BCUT2D eigenvalue weighted by atomic mass is 32.2. The zero-order valence-corrected chi connectivity index (χ0v) is 14.7. The predicted octanol–water partition coefficient (Wildman–Crippen LogP) is 2.00. The molecule has 0 unspecified atom stereocenters. The molecule has 0 aromatic carbocycles. The standard InChI is InChI=1S/C9H13NO3S.C8H11NO/c1-14(11,12)13-7-3-5-9-4-2-6-10-8-9;10-6-2-4-8-3-1-5-9-7-8/h2,4,6,8H,3,5,7H2,1H3;1,3,5,7,10H,2,4,6H2. The van der Waals surface area contributed by atoms with Gasteiger partial charge in [-0.25, -0.2) is 0 Å². The molecule has 2 heterocycles. The fourth-order valence-electron chi connectivity index (χ4n) is 1.86. The van der Waals surface area contributed by atoms with Crippen LogP contribution in [-0.4, -0.2) is 43.0 Å². The molecule has 1 N–H and O–H groups in total. The van der Waals surface area contributed by atoms with Crippen molar-refractivity contribution in [1.29, 1.82) is 0 Å². The number of aliphatic hydroxyl groups excluding tert-OH is 1. The van der Waals surface area contributed by atoms with Crippen molar-refractivity contribution in [1.82, 2.24) is 9.97 Å². The van der Waals surface area contributed by atoms with E-state index in [0.29, 0.717) is 6.42 Å². The van der Waals surface area contributed by atoms with E-state index in [1.807, 2.05) is 30.5 Å². The molecule has 2 aromatic heterocycles. The molecule has 0 aliphatic rings. The topological polar surface area (TPSA) is 89.4 Å². The van der Waals surface area contributed by atoms with E-state index < -0.39 is 10.1 Å². The van der Waals surface area contributed by atoms with Gasteiger partial charge in [0.25, 0.3) is 10.1 Å². The van der Waals surface area contributed by atoms with Crippen LogP contribution in [0.2, 0.25) is 0 Å². The highest BCUT2D eigenvalue weighted by Crippen LogP contribution is 2.01. The summed E-state index contributed by atoms with van der Waals surface area (Å²) in [5.74, 6) is 0. The summed E-state index contributed by atoms with van der Waals surface area (Å²) in [6.45, 7) is 0.489. The summed E-state index contributed by atoms with van der Waals surface area (Å²) >= 11 is 0. The molecule has 0 fully saturated rings. The van der Waals surface area contributed by atoms with Crippen molar-refractivity contribution in [2.45, 2.75) is 25.7 Å². The van der Waals surface area contributed by atoms with Gasteiger partial charge < -0.3 is 5.11 Å². The zero-order valence-electron chi connectivity index (χ0n) is 13.8. The molecule has 0 atom stereocenters. The van der Waals surface area contributed by atoms with Crippen LogP contribution in [0.15, 0.2) is 49.1 Å². The molecule has 0 bridgehead atoms. The zero-order chi connectivity index (χ0) is 17.7. The maximum absolute atomic E-state index is 10.6. The number of aryl methyl sites for hydroxylation is 2. The van der Waals surface area contributed by atoms with E-state index in [0.717, 1.165) is 31.1 Å². The Hall–Kier alpha value is -1.83. The molecule has 0 radical (unpaired) electrons. The lowest BCUT2D eigenvalue weighted by Gasteiger charge is -2.01. The van der Waals surface area contributed by atoms with E-state index in [2.05, 4.69) is 14.2 Å². The second-order valence-electron chi connectivity index (χ2n) is 5.18. The van der Waals surface area contributed by atoms with Gasteiger partial charge in [0.05, 0.1) is 12.9 Å². The molecule has 2 aromatic rings. The summed E-state index contributed by atoms with van der Waals surface area (Å²) in [6, 6.07) is 7.73. The van der Waals surface area contributed by atoms with Crippen molar-refractivity contribution in [2.24, 2.45) is 0 Å². The number of rotatable bonds is 8. The first-order valence-electron chi connectivity index (χ1n) is 7.74. The van der Waals surface area contributed by atoms with Gasteiger partial charge in [-0.15, -0.1) is 0 Å². The Labute approximate surface area is 143 Å². The minimum Gasteiger partial charge on any atom is -0.396 e. The lowest BCUT2D eigenvalue weighted by atomic mass is 10.2. The van der Waals surface area contributed by atoms with Crippen LogP contribution in [0.4, 0.5) is 0 Å². The number of pyridine rings is 2. The monoisotopic (exact) mass is 352 g/mol. The van der Waals surface area contributed by atoms with Gasteiger partial charge in [0.2, 0.25) is 0 Å². The summed E-state index contributed by atoms with van der Waals surface area (Å²) in [4.78, 5) is 7.91. The SMILES string of the molecule is CS(=O)(=O)OCCCc1cccnc1.OCCCc1cccnc1. The predicted molar refractivity (Wildman–Crippen MR) is 93.0 cm³/mol. The Morgan fingerprint density at radius 1 is 1.00 bits per heavy atom. The van der Waals surface area contributed by atoms with Gasteiger partial charge in [-0.3, -0.25) is 14.2 Å². The second kappa shape index (κ2) is 11.7. The molecule has 2 rings (SSSR count). The summed E-state index contributed by atoms with van der Waals surface area (Å²) in [6.07, 6.45) is 11.3. The molecule has 132 valence electrons. The molecule has 0 aliphatic heterocycles. The van der Waals surface area contributed by atoms with E-state index >= 15 is 0 Å². The Morgan fingerprint density at radius 2 is 1.54 bits per heavy atom. The van der Waals surface area contributed by atoms with Crippen LogP contribution in [0.25, 0.3) is 0 Å². The number of hydrogen-bond acceptors (Lipinski definition) is 6. The quantitative estimate of drug-likeness (QED) is 0.577. The van der Waals surface area contributed by atoms with Crippen molar-refractivity contribution >= 4 is 10.1 Å². The van der Waals surface area contributed by atoms with Crippen LogP contribution in [0.3, 0.4) is 0 Å². The summed E-state index contributed by atoms with van der Waals surface area (Å²) in [7, 11) is -3.29. The van der Waals surface area contributed by atoms with Crippen molar-refractivity contribution in [3.05, 3.63) is 60.2 Å². The number of nitrogens with zero attached hydrogens (tertiary/aromatic N) is 2. The second-order valence-corrected chi connectivity index (χ2v) is 6.82. The van der Waals surface area contributed by atoms with Crippen molar-refractivity contribution in [3.63, 3.8) is 0 Å². The Bertz CT molecular complexity index is 649. The lowest BCUT2D eigenvalue weighted by Crippen LogP contribution is -2.04. The fraction of sp³-hybridized carbons (Fsp3) is 0.412. The first kappa shape index (κ1) is 20.2. The van der Waals surface area contributed by atoms with E-state index in [-0.39, 0.29) is 13.2 Å². The first-order valence-corrected chi connectivity index (χ1v) is 9.56. The molecule has 7 heteroatoms. The van der Waals surface area contributed by atoms with Crippen molar-refractivity contribution in [2.75, 3.05) is 19.5 Å². The minimum atomic E-state index is -3.29. The molecular formula is C17H24N2O4S. The maximum Gasteiger partial charge on any atom is 0.264 e. The average Bonchev–Trinajstić information content (AvgIpc) is 2.59. The minimum absolute atomic E-state index is 0.230. The fourth-order valence-corrected chi connectivity index (χ4v) is 2.28. The highest BCUT2D eigenvalue weighted by molar-refractivity contribution is 7.85. The van der Waals surface area contributed by atoms with E-state index in [1.54, 1.807) is 18.6 Å². The van der Waals surface area contributed by atoms with Crippen LogP contribution in [0, 0.1) is 0 Å². The summed E-state index contributed by atoms with van der Waals surface area (Å²) in [5.41, 5.74) is 2.28. The maximum atomic E-state index is 10.6. The van der Waals surface area contributed by atoms with E-state index in [9.17, 15) is 8.42 Å². The lowest BCUT2D eigenvalue weighted by molar-refractivity contribution is 0.288. The molecule has 0 saturated heterocycles. The van der Waals surface area contributed by atoms with Gasteiger partial charge in [0.15, 0.2) is 0 Å². The average molecular weight is 352 g/mol. The van der Waals surface area contributed by atoms with Gasteiger partial charge in [-0.05, 0) is 48.9 Å². The molecule has 0 saturated carbocycles. The van der Waals surface area contributed by atoms with Crippen LogP contribution < -0.4 is 0 Å². The van der Waals surface area contributed by atoms with E-state index in [4.69, 9.17) is 5.11 Å². The van der Waals surface area contributed by atoms with Gasteiger partial charge >= 0.3 is 0 Å². The normalized spacial score (nSPS) is 10.8. The first-order chi connectivity index (χ1) is 11.5. The van der Waals surface area contributed by atoms with Crippen LogP contribution in [-0.2, 0) is 27.1 Å². The van der Waals surface area contributed by atoms with Crippen LogP contribution >= 0.6 is 0 Å². The third-order valence-corrected chi connectivity index (χ3v) is 3.57. The van der Waals surface area contributed by atoms with Crippen LogP contribution in [0.5, 0.6) is 0 Å². The van der Waals surface area contributed by atoms with E-state index in [1.165, 1.54) is 5.56 Å². The largest absolute Gasteiger partial charge is 0.396 e. The molecule has 0 amide bonds. The van der Waals surface area contributed by atoms with Gasteiger partial charge in [0, 0.05) is 31.4 Å². The van der Waals surface area contributed by atoms with Crippen molar-refractivity contribution < 1.29 is 17.7 Å². The van der Waals surface area contributed by atoms with Crippen molar-refractivity contribution in [3.8, 4) is 0 Å². The Kier molecular flexibility index (Phi) is 9.83. The smallest absolute Gasteiger partial charge is 0.264 e. The van der Waals surface area contributed by atoms with Crippen LogP contribution in [0.1, 0.15) is 24.0 Å². The third kappa shape index (κ3) is 10.8. The van der Waals surface area contributed by atoms with Gasteiger partial charge in [0.1, 0.15) is 0 Å². The molecular weight excluding hydrogens is 328 g/mol. The number of aliphatic hydroxyl groups is 1. The summed E-state index contributed by atoms with van der Waals surface area (Å²) in [5, 5.41) is 8.51. The van der Waals surface area contributed by atoms with Gasteiger partial charge in [-0.1, -0.05) is 12.1 Å².